The maximum absolute atomic E-state index is 3.23. The highest BCUT2D eigenvalue weighted by Crippen LogP contribution is 2.24. The van der Waals surface area contributed by atoms with Crippen molar-refractivity contribution in [3.63, 3.8) is 0 Å². The highest BCUT2D eigenvalue weighted by atomic mass is 14.2. The molecule has 2 rings (SSSR count). The van der Waals surface area contributed by atoms with Gasteiger partial charge in [-0.05, 0) is 30.6 Å². The Kier molecular flexibility index (Phi) is 7.46. The molecule has 0 aromatic heterocycles. The van der Waals surface area contributed by atoms with Crippen LogP contribution in [0.25, 0.3) is 0 Å². The van der Waals surface area contributed by atoms with Crippen LogP contribution in [0.2, 0.25) is 0 Å². The first-order valence-electron chi connectivity index (χ1n) is 5.93. The normalized spacial score (nSPS) is 19.9. The fourth-order valence-corrected chi connectivity index (χ4v) is 1.42. The highest BCUT2D eigenvalue weighted by molar-refractivity contribution is 5.46. The summed E-state index contributed by atoms with van der Waals surface area (Å²) in [7, 11) is 0. The minimum atomic E-state index is 0.476. The van der Waals surface area contributed by atoms with Gasteiger partial charge in [-0.1, -0.05) is 57.8 Å². The summed E-state index contributed by atoms with van der Waals surface area (Å²) in [6, 6.07) is 0. The van der Waals surface area contributed by atoms with Gasteiger partial charge in [0.25, 0.3) is 0 Å². The van der Waals surface area contributed by atoms with Crippen molar-refractivity contribution < 1.29 is 0 Å². The number of allylic oxidation sites excluding steroid dienone is 6. The van der Waals surface area contributed by atoms with Gasteiger partial charge in [0.2, 0.25) is 0 Å². The monoisotopic (exact) mass is 202 g/mol. The maximum Gasteiger partial charge on any atom is 0.0490 e. The quantitative estimate of drug-likeness (QED) is 0.507. The van der Waals surface area contributed by atoms with Gasteiger partial charge in [0.05, 0.1) is 0 Å². The number of fused-ring (bicyclic) bond motifs is 1. The van der Waals surface area contributed by atoms with Gasteiger partial charge in [-0.3, -0.25) is 0 Å². The van der Waals surface area contributed by atoms with Crippen LogP contribution in [-0.2, 0) is 0 Å². The van der Waals surface area contributed by atoms with Gasteiger partial charge in [-0.15, -0.1) is 0 Å². The van der Waals surface area contributed by atoms with Gasteiger partial charge in [0.15, 0.2) is 0 Å². The van der Waals surface area contributed by atoms with Gasteiger partial charge >= 0.3 is 0 Å². The predicted octanol–water partition coefficient (Wildman–Crippen LogP) is 4.50. The van der Waals surface area contributed by atoms with Crippen molar-refractivity contribution in [2.24, 2.45) is 5.92 Å². The summed E-state index contributed by atoms with van der Waals surface area (Å²) in [4.78, 5) is 0. The highest BCUT2D eigenvalue weighted by Gasteiger charge is 2.12. The average Bonchev–Trinajstić information content (AvgIpc) is 2.34. The van der Waals surface area contributed by atoms with Crippen molar-refractivity contribution in [3.05, 3.63) is 35.5 Å². The van der Waals surface area contributed by atoms with Crippen LogP contribution in [0.3, 0.4) is 0 Å². The lowest BCUT2D eigenvalue weighted by atomic mass is 9.88. The maximum atomic E-state index is 3.23. The van der Waals surface area contributed by atoms with Crippen LogP contribution in [-0.4, -0.2) is 0 Å². The molecule has 0 radical (unpaired) electrons. The molecule has 0 saturated carbocycles. The fourth-order valence-electron chi connectivity index (χ4n) is 1.42. The molecule has 0 fully saturated rings. The molecule has 0 heteroatoms. The molecule has 0 aliphatic heterocycles. The number of rotatable bonds is 0. The summed E-state index contributed by atoms with van der Waals surface area (Å²) in [5, 5.41) is 0. The lowest BCUT2D eigenvalue weighted by Crippen LogP contribution is -2.04. The zero-order valence-electron chi connectivity index (χ0n) is 10.6. The summed E-state index contributed by atoms with van der Waals surface area (Å²) in [6.07, 6.45) is 9.72. The van der Waals surface area contributed by atoms with E-state index in [4.69, 9.17) is 0 Å². The summed E-state index contributed by atoms with van der Waals surface area (Å²) in [5.74, 6) is 6.83. The topological polar surface area (TPSA) is 0 Å². The Morgan fingerprint density at radius 1 is 1.20 bits per heavy atom. The van der Waals surface area contributed by atoms with Gasteiger partial charge in [0.1, 0.15) is 0 Å². The second kappa shape index (κ2) is 8.12. The molecule has 0 nitrogen and oxygen atoms in total. The molecule has 0 N–H and O–H groups in total. The lowest BCUT2D eigenvalue weighted by molar-refractivity contribution is 0.808. The third-order valence-corrected chi connectivity index (χ3v) is 2.03. The molecule has 0 heterocycles. The van der Waals surface area contributed by atoms with Crippen LogP contribution in [0.1, 0.15) is 41.0 Å². The van der Waals surface area contributed by atoms with Gasteiger partial charge in [-0.25, -0.2) is 0 Å². The Bertz CT molecular complexity index is 316. The molecule has 0 saturated heterocycles. The third kappa shape index (κ3) is 4.21. The number of hydrogen-bond acceptors (Lipinski definition) is 0. The Hall–Kier alpha value is -1.22. The molecule has 0 aromatic rings. The number of hydrogen-bond donors (Lipinski definition) is 0. The standard InChI is InChI=1S/C11H10.2C2H6/c1-9-6-7-10-4-2-3-5-11(10)8-9;2*1-2/h2-3,5,8,10H,4H2,1H3;2*1-2H3. The first-order valence-corrected chi connectivity index (χ1v) is 5.93. The van der Waals surface area contributed by atoms with E-state index >= 15 is 0 Å². The molecule has 1 unspecified atom stereocenters. The van der Waals surface area contributed by atoms with E-state index in [1.807, 2.05) is 27.7 Å². The Labute approximate surface area is 94.8 Å². The molecular weight excluding hydrogens is 180 g/mol. The average molecular weight is 202 g/mol. The van der Waals surface area contributed by atoms with Crippen LogP contribution in [0, 0.1) is 17.8 Å². The van der Waals surface area contributed by atoms with Crippen LogP contribution in [0.5, 0.6) is 0 Å². The largest absolute Gasteiger partial charge is 0.0897 e. The van der Waals surface area contributed by atoms with Crippen molar-refractivity contribution in [1.82, 2.24) is 0 Å². The minimum Gasteiger partial charge on any atom is -0.0897 e. The summed E-state index contributed by atoms with van der Waals surface area (Å²) < 4.78 is 0. The molecule has 0 spiro atoms. The van der Waals surface area contributed by atoms with E-state index in [1.165, 1.54) is 11.1 Å². The lowest BCUT2D eigenvalue weighted by Gasteiger charge is -2.15. The molecule has 2 aliphatic rings. The zero-order chi connectivity index (χ0) is 11.7. The smallest absolute Gasteiger partial charge is 0.0490 e. The predicted molar refractivity (Wildman–Crippen MR) is 69.6 cm³/mol. The van der Waals surface area contributed by atoms with Crippen LogP contribution >= 0.6 is 0 Å². The van der Waals surface area contributed by atoms with E-state index in [1.54, 1.807) is 0 Å². The first kappa shape index (κ1) is 13.8. The molecule has 1 atom stereocenters. The van der Waals surface area contributed by atoms with Crippen molar-refractivity contribution in [2.75, 3.05) is 0 Å². The van der Waals surface area contributed by atoms with Gasteiger partial charge in [-0.2, -0.15) is 0 Å². The summed E-state index contributed by atoms with van der Waals surface area (Å²) in [6.45, 7) is 10.1. The Morgan fingerprint density at radius 3 is 2.53 bits per heavy atom. The molecule has 82 valence electrons. The second-order valence-electron chi connectivity index (χ2n) is 2.98. The molecule has 0 amide bonds. The summed E-state index contributed by atoms with van der Waals surface area (Å²) >= 11 is 0. The van der Waals surface area contributed by atoms with Crippen LogP contribution < -0.4 is 0 Å². The van der Waals surface area contributed by atoms with Gasteiger partial charge in [0, 0.05) is 5.92 Å². The minimum absolute atomic E-state index is 0.476. The van der Waals surface area contributed by atoms with E-state index < -0.39 is 0 Å². The summed E-state index contributed by atoms with van der Waals surface area (Å²) in [5.41, 5.74) is 2.56. The van der Waals surface area contributed by atoms with Crippen molar-refractivity contribution in [3.8, 4) is 11.8 Å². The van der Waals surface area contributed by atoms with Crippen molar-refractivity contribution >= 4 is 0 Å². The fraction of sp³-hybridized carbons (Fsp3) is 0.467. The Morgan fingerprint density at radius 2 is 1.87 bits per heavy atom. The van der Waals surface area contributed by atoms with E-state index in [0.29, 0.717) is 5.92 Å². The van der Waals surface area contributed by atoms with Crippen molar-refractivity contribution in [2.45, 2.75) is 41.0 Å². The SMILES string of the molecule is CC.CC.CC1=CC2=CC=CCC2C#C1. The van der Waals surface area contributed by atoms with Crippen LogP contribution in [0.15, 0.2) is 35.5 Å². The van der Waals surface area contributed by atoms with Crippen LogP contribution in [0.4, 0.5) is 0 Å². The van der Waals surface area contributed by atoms with E-state index in [0.717, 1.165) is 6.42 Å². The second-order valence-corrected chi connectivity index (χ2v) is 2.98. The molecule has 0 bridgehead atoms. The van der Waals surface area contributed by atoms with E-state index in [-0.39, 0.29) is 0 Å². The van der Waals surface area contributed by atoms with E-state index in [2.05, 4.69) is 43.1 Å². The first-order chi connectivity index (χ1) is 7.36. The third-order valence-electron chi connectivity index (χ3n) is 2.03. The Balaban J connectivity index is 0.000000442. The molecule has 2 aliphatic carbocycles. The molecule has 0 aromatic carbocycles. The van der Waals surface area contributed by atoms with Gasteiger partial charge < -0.3 is 0 Å². The molecule has 15 heavy (non-hydrogen) atoms. The van der Waals surface area contributed by atoms with E-state index in [9.17, 15) is 0 Å². The van der Waals surface area contributed by atoms with Crippen molar-refractivity contribution in [1.29, 1.82) is 0 Å². The zero-order valence-corrected chi connectivity index (χ0v) is 10.6. The molecular formula is C15H22.